The van der Waals surface area contributed by atoms with Crippen LogP contribution < -0.4 is 0 Å². The minimum Gasteiger partial charge on any atom is -0.379 e. The number of hydrogen-bond acceptors (Lipinski definition) is 3. The van der Waals surface area contributed by atoms with Crippen molar-refractivity contribution in [1.82, 2.24) is 9.55 Å². The molecule has 1 atom stereocenters. The number of carbonyl (C=O) groups is 1. The molecule has 0 bridgehead atoms. The molecule has 4 heteroatoms. The van der Waals surface area contributed by atoms with E-state index in [9.17, 15) is 4.79 Å². The number of aliphatic hydroxyl groups is 1. The van der Waals surface area contributed by atoms with Crippen molar-refractivity contribution in [2.75, 3.05) is 0 Å². The molecule has 0 aliphatic heterocycles. The van der Waals surface area contributed by atoms with Crippen LogP contribution in [0.25, 0.3) is 0 Å². The second-order valence-corrected chi connectivity index (χ2v) is 2.21. The molecule has 0 fully saturated rings. The van der Waals surface area contributed by atoms with Crippen LogP contribution in [0.4, 0.5) is 0 Å². The van der Waals surface area contributed by atoms with E-state index in [1.807, 2.05) is 6.92 Å². The van der Waals surface area contributed by atoms with E-state index in [0.717, 1.165) is 6.54 Å². The minimum absolute atomic E-state index is 0.404. The Bertz CT molecular complexity index is 244. The lowest BCUT2D eigenvalue weighted by atomic mass is 10.3. The first-order valence-corrected chi connectivity index (χ1v) is 3.43. The molecule has 1 aromatic heterocycles. The number of aliphatic hydroxyl groups excluding tert-OH is 1. The normalized spacial score (nSPS) is 12.9. The highest BCUT2D eigenvalue weighted by Crippen LogP contribution is 2.05. The van der Waals surface area contributed by atoms with E-state index in [1.54, 1.807) is 17.1 Å². The topological polar surface area (TPSA) is 55.1 Å². The Morgan fingerprint density at radius 3 is 3.09 bits per heavy atom. The predicted molar refractivity (Wildman–Crippen MR) is 38.9 cm³/mol. The van der Waals surface area contributed by atoms with E-state index in [2.05, 4.69) is 4.98 Å². The van der Waals surface area contributed by atoms with Crippen LogP contribution in [0.15, 0.2) is 12.5 Å². The van der Waals surface area contributed by atoms with Gasteiger partial charge in [0.1, 0.15) is 0 Å². The number of imidazole rings is 1. The van der Waals surface area contributed by atoms with Gasteiger partial charge in [-0.05, 0) is 6.92 Å². The molecule has 0 radical (unpaired) electrons. The fourth-order valence-corrected chi connectivity index (χ4v) is 0.773. The molecular weight excluding hydrogens is 144 g/mol. The number of aromatic nitrogens is 2. The Hall–Kier alpha value is -1.16. The fraction of sp³-hybridized carbons (Fsp3) is 0.429. The maximum atomic E-state index is 10.1. The maximum Gasteiger partial charge on any atom is 0.154 e. The third-order valence-electron chi connectivity index (χ3n) is 1.45. The van der Waals surface area contributed by atoms with Crippen molar-refractivity contribution in [2.45, 2.75) is 19.6 Å². The highest BCUT2D eigenvalue weighted by Gasteiger charge is 2.07. The van der Waals surface area contributed by atoms with E-state index in [4.69, 9.17) is 5.11 Å². The van der Waals surface area contributed by atoms with Gasteiger partial charge in [-0.3, -0.25) is 0 Å². The highest BCUT2D eigenvalue weighted by molar-refractivity contribution is 5.57. The summed E-state index contributed by atoms with van der Waals surface area (Å²) >= 11 is 0. The minimum atomic E-state index is -1.08. The van der Waals surface area contributed by atoms with Gasteiger partial charge < -0.3 is 14.5 Å². The highest BCUT2D eigenvalue weighted by atomic mass is 16.3. The second kappa shape index (κ2) is 3.30. The first kappa shape index (κ1) is 7.94. The monoisotopic (exact) mass is 154 g/mol. The van der Waals surface area contributed by atoms with Crippen molar-refractivity contribution in [3.63, 3.8) is 0 Å². The third kappa shape index (κ3) is 1.65. The van der Waals surface area contributed by atoms with Crippen molar-refractivity contribution in [3.8, 4) is 0 Å². The lowest BCUT2D eigenvalue weighted by Crippen LogP contribution is -1.98. The molecule has 0 aromatic carbocycles. The number of carbonyl (C=O) groups excluding carboxylic acids is 1. The van der Waals surface area contributed by atoms with E-state index in [0.29, 0.717) is 12.0 Å². The largest absolute Gasteiger partial charge is 0.379 e. The van der Waals surface area contributed by atoms with Crippen LogP contribution in [-0.2, 0) is 11.3 Å². The quantitative estimate of drug-likeness (QED) is 0.630. The lowest BCUT2D eigenvalue weighted by molar-refractivity contribution is -0.115. The van der Waals surface area contributed by atoms with Crippen molar-refractivity contribution < 1.29 is 9.90 Å². The molecule has 1 unspecified atom stereocenters. The first-order chi connectivity index (χ1) is 5.27. The molecule has 0 saturated heterocycles. The van der Waals surface area contributed by atoms with Gasteiger partial charge in [0.15, 0.2) is 12.4 Å². The summed E-state index contributed by atoms with van der Waals surface area (Å²) in [7, 11) is 0. The molecule has 0 spiro atoms. The van der Waals surface area contributed by atoms with Crippen LogP contribution in [0.3, 0.4) is 0 Å². The van der Waals surface area contributed by atoms with Gasteiger partial charge >= 0.3 is 0 Å². The van der Waals surface area contributed by atoms with Crippen molar-refractivity contribution in [3.05, 3.63) is 18.2 Å². The van der Waals surface area contributed by atoms with Gasteiger partial charge in [0.05, 0.1) is 12.0 Å². The smallest absolute Gasteiger partial charge is 0.154 e. The summed E-state index contributed by atoms with van der Waals surface area (Å²) in [6, 6.07) is 0. The van der Waals surface area contributed by atoms with Gasteiger partial charge in [-0.1, -0.05) is 0 Å². The zero-order valence-electron chi connectivity index (χ0n) is 6.27. The van der Waals surface area contributed by atoms with E-state index in [1.165, 1.54) is 0 Å². The molecule has 11 heavy (non-hydrogen) atoms. The zero-order valence-corrected chi connectivity index (χ0v) is 6.27. The lowest BCUT2D eigenvalue weighted by Gasteiger charge is -1.95. The van der Waals surface area contributed by atoms with E-state index < -0.39 is 6.10 Å². The molecule has 60 valence electrons. The molecule has 0 saturated carbocycles. The van der Waals surface area contributed by atoms with E-state index >= 15 is 0 Å². The number of aldehydes is 1. The summed E-state index contributed by atoms with van der Waals surface area (Å²) in [5.74, 6) is 0. The molecule has 1 rings (SSSR count). The average Bonchev–Trinajstić information content (AvgIpc) is 2.50. The summed E-state index contributed by atoms with van der Waals surface area (Å²) in [5.41, 5.74) is 0.404. The Morgan fingerprint density at radius 2 is 2.64 bits per heavy atom. The third-order valence-corrected chi connectivity index (χ3v) is 1.45. The van der Waals surface area contributed by atoms with Crippen LogP contribution in [-0.4, -0.2) is 20.9 Å². The Balaban J connectivity index is 2.79. The van der Waals surface area contributed by atoms with Crippen molar-refractivity contribution in [1.29, 1.82) is 0 Å². The maximum absolute atomic E-state index is 10.1. The SMILES string of the molecule is CCn1cnc(C(O)C=O)c1. The Morgan fingerprint density at radius 1 is 1.91 bits per heavy atom. The van der Waals surface area contributed by atoms with Gasteiger partial charge in [0.25, 0.3) is 0 Å². The summed E-state index contributed by atoms with van der Waals surface area (Å²) < 4.78 is 1.79. The van der Waals surface area contributed by atoms with Crippen LogP contribution in [0.5, 0.6) is 0 Å². The standard InChI is InChI=1S/C7H10N2O2/c1-2-9-3-6(8-5-9)7(11)4-10/h3-5,7,11H,2H2,1H3. The average molecular weight is 154 g/mol. The summed E-state index contributed by atoms with van der Waals surface area (Å²) in [5, 5.41) is 8.99. The number of aryl methyl sites for hydroxylation is 1. The number of rotatable bonds is 3. The van der Waals surface area contributed by atoms with Gasteiger partial charge in [-0.25, -0.2) is 4.98 Å². The second-order valence-electron chi connectivity index (χ2n) is 2.21. The molecule has 0 aliphatic carbocycles. The number of hydrogen-bond donors (Lipinski definition) is 1. The summed E-state index contributed by atoms with van der Waals surface area (Å²) in [6.07, 6.45) is 2.62. The molecule has 4 nitrogen and oxygen atoms in total. The number of nitrogens with zero attached hydrogens (tertiary/aromatic N) is 2. The molecule has 0 amide bonds. The fourth-order valence-electron chi connectivity index (χ4n) is 0.773. The molecule has 0 aliphatic rings. The molecular formula is C7H10N2O2. The molecule has 1 N–H and O–H groups in total. The van der Waals surface area contributed by atoms with E-state index in [-0.39, 0.29) is 0 Å². The van der Waals surface area contributed by atoms with Gasteiger partial charge in [-0.15, -0.1) is 0 Å². The van der Waals surface area contributed by atoms with Gasteiger partial charge in [-0.2, -0.15) is 0 Å². The van der Waals surface area contributed by atoms with Crippen LogP contribution >= 0.6 is 0 Å². The van der Waals surface area contributed by atoms with Crippen molar-refractivity contribution >= 4 is 6.29 Å². The zero-order chi connectivity index (χ0) is 8.27. The van der Waals surface area contributed by atoms with Crippen LogP contribution in [0.2, 0.25) is 0 Å². The van der Waals surface area contributed by atoms with Crippen LogP contribution in [0, 0.1) is 0 Å². The van der Waals surface area contributed by atoms with Crippen molar-refractivity contribution in [2.24, 2.45) is 0 Å². The Kier molecular flexibility index (Phi) is 2.38. The summed E-state index contributed by atoms with van der Waals surface area (Å²) in [4.78, 5) is 13.9. The molecule has 1 aromatic rings. The first-order valence-electron chi connectivity index (χ1n) is 3.43. The summed E-state index contributed by atoms with van der Waals surface area (Å²) in [6.45, 7) is 2.75. The molecule has 1 heterocycles. The van der Waals surface area contributed by atoms with Crippen LogP contribution in [0.1, 0.15) is 18.7 Å². The Labute approximate surface area is 64.5 Å². The predicted octanol–water partition coefficient (Wildman–Crippen LogP) is 0.135. The van der Waals surface area contributed by atoms with Gasteiger partial charge in [0, 0.05) is 12.7 Å². The van der Waals surface area contributed by atoms with Gasteiger partial charge in [0.2, 0.25) is 0 Å².